The zero-order valence-electron chi connectivity index (χ0n) is 12.7. The minimum atomic E-state index is -2.88. The number of hydrogen-bond acceptors (Lipinski definition) is 7. The van der Waals surface area contributed by atoms with E-state index in [9.17, 15) is 24.3 Å². The third kappa shape index (κ3) is 3.25. The van der Waals surface area contributed by atoms with Crippen molar-refractivity contribution >= 4 is 23.8 Å². The summed E-state index contributed by atoms with van der Waals surface area (Å²) in [7, 11) is 1.03. The number of methoxy groups -OCH3 is 1. The average molecular weight is 333 g/mol. The third-order valence-corrected chi connectivity index (χ3v) is 3.30. The van der Waals surface area contributed by atoms with E-state index >= 15 is 0 Å². The lowest BCUT2D eigenvalue weighted by molar-refractivity contribution is -0.155. The summed E-state index contributed by atoms with van der Waals surface area (Å²) in [5.74, 6) is -3.78. The first-order chi connectivity index (χ1) is 11.4. The maximum Gasteiger partial charge on any atom is 0.339 e. The highest BCUT2D eigenvalue weighted by Crippen LogP contribution is 2.21. The van der Waals surface area contributed by atoms with Crippen LogP contribution < -0.4 is 16.0 Å². The summed E-state index contributed by atoms with van der Waals surface area (Å²) in [6, 6.07) is 7.98. The van der Waals surface area contributed by atoms with Crippen LogP contribution in [0.2, 0.25) is 0 Å². The van der Waals surface area contributed by atoms with Crippen molar-refractivity contribution in [1.29, 1.82) is 0 Å². The number of hydrogen-bond donors (Lipinski definition) is 4. The number of carbonyl (C=O) groups excluding carboxylic acids is 4. The number of benzene rings is 1. The maximum atomic E-state index is 11.9. The summed E-state index contributed by atoms with van der Waals surface area (Å²) in [4.78, 5) is 46.8. The molecule has 4 N–H and O–H groups in total. The van der Waals surface area contributed by atoms with Gasteiger partial charge >= 0.3 is 12.0 Å². The van der Waals surface area contributed by atoms with Crippen LogP contribution in [0.25, 0.3) is 0 Å². The predicted octanol–water partition coefficient (Wildman–Crippen LogP) is -1.07. The van der Waals surface area contributed by atoms with E-state index in [4.69, 9.17) is 0 Å². The zero-order valence-corrected chi connectivity index (χ0v) is 12.7. The lowest BCUT2D eigenvalue weighted by Gasteiger charge is -2.29. The summed E-state index contributed by atoms with van der Waals surface area (Å²) in [6.07, 6.45) is 1.01. The molecular weight excluding hydrogens is 318 g/mol. The molecule has 1 aliphatic heterocycles. The number of ether oxygens (including phenoxy) is 1. The quantitative estimate of drug-likeness (QED) is 0.306. The molecule has 0 radical (unpaired) electrons. The molecule has 4 amide bonds. The molecule has 1 aromatic rings. The molecule has 0 spiro atoms. The molecule has 1 aliphatic rings. The lowest BCUT2D eigenvalue weighted by atomic mass is 9.90. The SMILES string of the molecule is COC(=O)/C(=C\NCc1ccccc1)C1(O)C(=O)NC(=O)NC1=O. The summed E-state index contributed by atoms with van der Waals surface area (Å²) in [5.41, 5.74) is -2.67. The Kier molecular flexibility index (Phi) is 4.95. The molecule has 1 heterocycles. The fraction of sp³-hybridized carbons (Fsp3) is 0.200. The van der Waals surface area contributed by atoms with Crippen LogP contribution in [0.5, 0.6) is 0 Å². The number of carbonyl (C=O) groups is 4. The van der Waals surface area contributed by atoms with Crippen LogP contribution in [0.1, 0.15) is 5.56 Å². The fourth-order valence-corrected chi connectivity index (χ4v) is 2.05. The molecule has 9 nitrogen and oxygen atoms in total. The van der Waals surface area contributed by atoms with Crippen molar-refractivity contribution in [3.63, 3.8) is 0 Å². The lowest BCUT2D eigenvalue weighted by Crippen LogP contribution is -2.68. The van der Waals surface area contributed by atoms with Crippen molar-refractivity contribution in [2.45, 2.75) is 12.1 Å². The molecular formula is C15H15N3O6. The molecule has 0 unspecified atom stereocenters. The first kappa shape index (κ1) is 17.2. The van der Waals surface area contributed by atoms with Crippen LogP contribution >= 0.6 is 0 Å². The molecule has 1 aromatic carbocycles. The largest absolute Gasteiger partial charge is 0.466 e. The molecule has 1 saturated heterocycles. The van der Waals surface area contributed by atoms with E-state index in [2.05, 4.69) is 10.1 Å². The fourth-order valence-electron chi connectivity index (χ4n) is 2.05. The van der Waals surface area contributed by atoms with E-state index in [0.29, 0.717) is 0 Å². The highest BCUT2D eigenvalue weighted by atomic mass is 16.5. The van der Waals surface area contributed by atoms with Crippen LogP contribution in [0.15, 0.2) is 42.1 Å². The van der Waals surface area contributed by atoms with Gasteiger partial charge in [0.2, 0.25) is 0 Å². The number of imide groups is 2. The summed E-state index contributed by atoms with van der Waals surface area (Å²) >= 11 is 0. The van der Waals surface area contributed by atoms with E-state index in [1.807, 2.05) is 30.3 Å². The number of rotatable bonds is 5. The number of amides is 4. The number of urea groups is 1. The maximum absolute atomic E-state index is 11.9. The van der Waals surface area contributed by atoms with Gasteiger partial charge in [0.1, 0.15) is 5.57 Å². The predicted molar refractivity (Wildman–Crippen MR) is 80.0 cm³/mol. The molecule has 24 heavy (non-hydrogen) atoms. The highest BCUT2D eigenvalue weighted by Gasteiger charge is 2.54. The summed E-state index contributed by atoms with van der Waals surface area (Å²) < 4.78 is 4.50. The number of barbiturate groups is 1. The normalized spacial score (nSPS) is 16.9. The Morgan fingerprint density at radius 2 is 1.79 bits per heavy atom. The van der Waals surface area contributed by atoms with Crippen molar-refractivity contribution in [3.8, 4) is 0 Å². The van der Waals surface area contributed by atoms with Crippen LogP contribution in [-0.2, 0) is 25.7 Å². The van der Waals surface area contributed by atoms with Crippen molar-refractivity contribution in [1.82, 2.24) is 16.0 Å². The van der Waals surface area contributed by atoms with Crippen molar-refractivity contribution in [2.24, 2.45) is 0 Å². The number of aliphatic hydroxyl groups is 1. The molecule has 126 valence electrons. The Morgan fingerprint density at radius 3 is 2.33 bits per heavy atom. The van der Waals surface area contributed by atoms with Gasteiger partial charge in [0, 0.05) is 12.7 Å². The molecule has 9 heteroatoms. The first-order valence-electron chi connectivity index (χ1n) is 6.85. The van der Waals surface area contributed by atoms with Gasteiger partial charge in [0.15, 0.2) is 0 Å². The minimum absolute atomic E-state index is 0.263. The second kappa shape index (κ2) is 6.92. The van der Waals surface area contributed by atoms with E-state index in [1.54, 1.807) is 10.6 Å². The van der Waals surface area contributed by atoms with Gasteiger partial charge in [-0.15, -0.1) is 0 Å². The molecule has 0 saturated carbocycles. The summed E-state index contributed by atoms with van der Waals surface area (Å²) in [5, 5.41) is 16.6. The zero-order chi connectivity index (χ0) is 17.7. The smallest absolute Gasteiger partial charge is 0.339 e. The van der Waals surface area contributed by atoms with Crippen molar-refractivity contribution < 1.29 is 29.0 Å². The van der Waals surface area contributed by atoms with Crippen LogP contribution in [0.4, 0.5) is 4.79 Å². The first-order valence-corrected chi connectivity index (χ1v) is 6.85. The second-order valence-corrected chi connectivity index (χ2v) is 4.86. The molecule has 0 aliphatic carbocycles. The molecule has 1 fully saturated rings. The average Bonchev–Trinajstić information content (AvgIpc) is 2.57. The van der Waals surface area contributed by atoms with Crippen LogP contribution in [-0.4, -0.2) is 41.6 Å². The van der Waals surface area contributed by atoms with E-state index in [-0.39, 0.29) is 6.54 Å². The van der Waals surface area contributed by atoms with Gasteiger partial charge in [0.25, 0.3) is 17.4 Å². The second-order valence-electron chi connectivity index (χ2n) is 4.86. The van der Waals surface area contributed by atoms with Gasteiger partial charge in [-0.05, 0) is 5.56 Å². The molecule has 0 bridgehead atoms. The number of nitrogens with one attached hydrogen (secondary N) is 3. The van der Waals surface area contributed by atoms with Crippen LogP contribution in [0, 0.1) is 0 Å². The Morgan fingerprint density at radius 1 is 1.21 bits per heavy atom. The van der Waals surface area contributed by atoms with E-state index < -0.39 is 35.0 Å². The Bertz CT molecular complexity index is 693. The van der Waals surface area contributed by atoms with E-state index in [0.717, 1.165) is 18.9 Å². The summed E-state index contributed by atoms with van der Waals surface area (Å²) in [6.45, 7) is 0.263. The standard InChI is InChI=1S/C15H15N3O6/c1-24-11(19)10(8-16-7-9-5-3-2-4-6-9)15(23)12(20)17-14(22)18-13(15)21/h2-6,8,16,23H,7H2,1H3,(H2,17,18,20,21,22)/b10-8+. The minimum Gasteiger partial charge on any atom is -0.466 e. The van der Waals surface area contributed by atoms with Gasteiger partial charge in [-0.25, -0.2) is 9.59 Å². The van der Waals surface area contributed by atoms with Crippen molar-refractivity contribution in [2.75, 3.05) is 7.11 Å². The monoisotopic (exact) mass is 333 g/mol. The van der Waals surface area contributed by atoms with E-state index in [1.165, 1.54) is 0 Å². The van der Waals surface area contributed by atoms with Gasteiger partial charge in [-0.2, -0.15) is 0 Å². The van der Waals surface area contributed by atoms with Crippen molar-refractivity contribution in [3.05, 3.63) is 47.7 Å². The highest BCUT2D eigenvalue weighted by molar-refractivity contribution is 6.26. The molecule has 2 rings (SSSR count). The van der Waals surface area contributed by atoms with Gasteiger partial charge in [0.05, 0.1) is 7.11 Å². The Hall–Kier alpha value is -3.20. The van der Waals surface area contributed by atoms with Crippen LogP contribution in [0.3, 0.4) is 0 Å². The molecule has 0 atom stereocenters. The van der Waals surface area contributed by atoms with Gasteiger partial charge < -0.3 is 15.2 Å². The Balaban J connectivity index is 2.29. The topological polar surface area (TPSA) is 134 Å². The molecule has 0 aromatic heterocycles. The Labute approximate surface area is 136 Å². The number of esters is 1. The van der Waals surface area contributed by atoms with Gasteiger partial charge in [-0.1, -0.05) is 30.3 Å². The van der Waals surface area contributed by atoms with Gasteiger partial charge in [-0.3, -0.25) is 20.2 Å². The third-order valence-electron chi connectivity index (χ3n) is 3.30.